The number of aromatic carboxylic acids is 1. The Bertz CT molecular complexity index is 374. The van der Waals surface area contributed by atoms with Crippen LogP contribution < -0.4 is 4.74 Å². The van der Waals surface area contributed by atoms with E-state index in [1.807, 2.05) is 0 Å². The van der Waals surface area contributed by atoms with E-state index in [0.717, 1.165) is 12.1 Å². The third-order valence-electron chi connectivity index (χ3n) is 1.64. The Morgan fingerprint density at radius 1 is 1.40 bits per heavy atom. The molecule has 15 heavy (non-hydrogen) atoms. The minimum absolute atomic E-state index is 0.105. The van der Waals surface area contributed by atoms with Crippen molar-refractivity contribution in [2.75, 3.05) is 6.61 Å². The zero-order valence-corrected chi connectivity index (χ0v) is 7.80. The SMILES string of the molecule is C=CCOc1c(O)cc(C(=O)O)cc1O. The molecule has 0 heterocycles. The van der Waals surface area contributed by atoms with Crippen molar-refractivity contribution in [3.63, 3.8) is 0 Å². The van der Waals surface area contributed by atoms with Gasteiger partial charge in [-0.3, -0.25) is 0 Å². The van der Waals surface area contributed by atoms with Crippen molar-refractivity contribution in [1.82, 2.24) is 0 Å². The summed E-state index contributed by atoms with van der Waals surface area (Å²) in [5.41, 5.74) is -0.212. The molecule has 0 aromatic heterocycles. The van der Waals surface area contributed by atoms with Crippen LogP contribution in [0.2, 0.25) is 0 Å². The zero-order chi connectivity index (χ0) is 11.4. The van der Waals surface area contributed by atoms with Gasteiger partial charge >= 0.3 is 5.97 Å². The lowest BCUT2D eigenvalue weighted by atomic mass is 10.2. The van der Waals surface area contributed by atoms with Crippen molar-refractivity contribution in [2.45, 2.75) is 0 Å². The number of phenols is 2. The first-order valence-electron chi connectivity index (χ1n) is 4.09. The molecule has 5 heteroatoms. The second-order valence-corrected chi connectivity index (χ2v) is 2.75. The smallest absolute Gasteiger partial charge is 0.335 e. The van der Waals surface area contributed by atoms with Crippen LogP contribution in [0.4, 0.5) is 0 Å². The average molecular weight is 210 g/mol. The summed E-state index contributed by atoms with van der Waals surface area (Å²) >= 11 is 0. The molecule has 0 aliphatic rings. The van der Waals surface area contributed by atoms with Crippen LogP contribution in [0.5, 0.6) is 17.2 Å². The van der Waals surface area contributed by atoms with Gasteiger partial charge in [0.1, 0.15) is 6.61 Å². The molecule has 0 bridgehead atoms. The van der Waals surface area contributed by atoms with Gasteiger partial charge in [0.2, 0.25) is 5.75 Å². The number of carboxylic acid groups (broad SMARTS) is 1. The summed E-state index contributed by atoms with van der Waals surface area (Å²) in [6.45, 7) is 3.50. The Morgan fingerprint density at radius 3 is 2.33 bits per heavy atom. The van der Waals surface area contributed by atoms with Crippen LogP contribution in [0.1, 0.15) is 10.4 Å². The first-order valence-corrected chi connectivity index (χ1v) is 4.09. The molecule has 0 unspecified atom stereocenters. The Hall–Kier alpha value is -2.17. The van der Waals surface area contributed by atoms with Crippen LogP contribution >= 0.6 is 0 Å². The number of hydrogen-bond acceptors (Lipinski definition) is 4. The summed E-state index contributed by atoms with van der Waals surface area (Å²) < 4.78 is 4.94. The van der Waals surface area contributed by atoms with Crippen molar-refractivity contribution >= 4 is 5.97 Å². The number of rotatable bonds is 4. The fourth-order valence-corrected chi connectivity index (χ4v) is 1.01. The fourth-order valence-electron chi connectivity index (χ4n) is 1.01. The summed E-state index contributed by atoms with van der Waals surface area (Å²) in [6, 6.07) is 2.00. The van der Waals surface area contributed by atoms with Gasteiger partial charge in [-0.05, 0) is 12.1 Å². The second kappa shape index (κ2) is 4.36. The molecular formula is C10H10O5. The van der Waals surface area contributed by atoms with Crippen LogP contribution in [-0.2, 0) is 0 Å². The van der Waals surface area contributed by atoms with Crippen molar-refractivity contribution in [1.29, 1.82) is 0 Å². The maximum absolute atomic E-state index is 10.6. The van der Waals surface area contributed by atoms with E-state index in [-0.39, 0.29) is 17.9 Å². The number of carbonyl (C=O) groups is 1. The Balaban J connectivity index is 3.09. The standard InChI is InChI=1S/C10H10O5/c1-2-3-15-9-7(11)4-6(10(13)14)5-8(9)12/h2,4-5,11-12H,1,3H2,(H,13,14). The average Bonchev–Trinajstić information content (AvgIpc) is 2.16. The first kappa shape index (κ1) is 10.9. The summed E-state index contributed by atoms with van der Waals surface area (Å²) in [5.74, 6) is -2.24. The van der Waals surface area contributed by atoms with E-state index in [4.69, 9.17) is 9.84 Å². The maximum atomic E-state index is 10.6. The monoisotopic (exact) mass is 210 g/mol. The molecule has 80 valence electrons. The van der Waals surface area contributed by atoms with Gasteiger partial charge in [-0.25, -0.2) is 4.79 Å². The molecule has 1 aromatic rings. The minimum atomic E-state index is -1.24. The Morgan fingerprint density at radius 2 is 1.93 bits per heavy atom. The lowest BCUT2D eigenvalue weighted by Gasteiger charge is -2.08. The van der Waals surface area contributed by atoms with Crippen LogP contribution in [0, 0.1) is 0 Å². The van der Waals surface area contributed by atoms with E-state index in [9.17, 15) is 15.0 Å². The van der Waals surface area contributed by atoms with E-state index in [1.165, 1.54) is 6.08 Å². The third-order valence-corrected chi connectivity index (χ3v) is 1.64. The molecule has 0 spiro atoms. The first-order chi connectivity index (χ1) is 7.06. The predicted octanol–water partition coefficient (Wildman–Crippen LogP) is 1.36. The van der Waals surface area contributed by atoms with Gasteiger partial charge in [0.25, 0.3) is 0 Å². The summed E-state index contributed by atoms with van der Waals surface area (Å²) in [7, 11) is 0. The molecule has 0 amide bonds. The van der Waals surface area contributed by atoms with E-state index >= 15 is 0 Å². The van der Waals surface area contributed by atoms with E-state index in [2.05, 4.69) is 6.58 Å². The fraction of sp³-hybridized carbons (Fsp3) is 0.100. The number of aromatic hydroxyl groups is 2. The summed E-state index contributed by atoms with van der Waals surface area (Å²) in [6.07, 6.45) is 1.43. The van der Waals surface area contributed by atoms with Gasteiger partial charge in [0.05, 0.1) is 5.56 Å². The normalized spacial score (nSPS) is 9.60. The van der Waals surface area contributed by atoms with Gasteiger partial charge in [-0.1, -0.05) is 12.7 Å². The highest BCUT2D eigenvalue weighted by Crippen LogP contribution is 2.36. The number of hydrogen-bond donors (Lipinski definition) is 3. The van der Waals surface area contributed by atoms with E-state index in [1.54, 1.807) is 0 Å². The van der Waals surface area contributed by atoms with Crippen molar-refractivity contribution < 1.29 is 24.9 Å². The summed E-state index contributed by atoms with van der Waals surface area (Å²) in [4.78, 5) is 10.6. The molecule has 0 radical (unpaired) electrons. The highest BCUT2D eigenvalue weighted by Gasteiger charge is 2.14. The van der Waals surface area contributed by atoms with Crippen LogP contribution in [-0.4, -0.2) is 27.9 Å². The molecule has 5 nitrogen and oxygen atoms in total. The van der Waals surface area contributed by atoms with Crippen LogP contribution in [0.15, 0.2) is 24.8 Å². The molecule has 0 atom stereocenters. The maximum Gasteiger partial charge on any atom is 0.335 e. The Kier molecular flexibility index (Phi) is 3.17. The lowest BCUT2D eigenvalue weighted by molar-refractivity contribution is 0.0696. The quantitative estimate of drug-likeness (QED) is 0.653. The van der Waals surface area contributed by atoms with Crippen molar-refractivity contribution in [3.8, 4) is 17.2 Å². The number of benzene rings is 1. The molecule has 0 saturated carbocycles. The molecule has 0 saturated heterocycles. The van der Waals surface area contributed by atoms with E-state index in [0.29, 0.717) is 0 Å². The van der Waals surface area contributed by atoms with Gasteiger partial charge in [-0.2, -0.15) is 0 Å². The lowest BCUT2D eigenvalue weighted by Crippen LogP contribution is -1.98. The predicted molar refractivity (Wildman–Crippen MR) is 52.4 cm³/mol. The molecular weight excluding hydrogens is 200 g/mol. The van der Waals surface area contributed by atoms with Gasteiger partial charge < -0.3 is 20.1 Å². The largest absolute Gasteiger partial charge is 0.504 e. The van der Waals surface area contributed by atoms with Crippen molar-refractivity contribution in [3.05, 3.63) is 30.4 Å². The van der Waals surface area contributed by atoms with Crippen LogP contribution in [0.3, 0.4) is 0 Å². The molecule has 0 fully saturated rings. The molecule has 3 N–H and O–H groups in total. The summed E-state index contributed by atoms with van der Waals surface area (Å²) in [5, 5.41) is 27.4. The van der Waals surface area contributed by atoms with Gasteiger partial charge in [0.15, 0.2) is 11.5 Å². The Labute approximate surface area is 85.9 Å². The molecule has 0 aliphatic heterocycles. The number of carboxylic acids is 1. The van der Waals surface area contributed by atoms with Crippen LogP contribution in [0.25, 0.3) is 0 Å². The topological polar surface area (TPSA) is 87.0 Å². The zero-order valence-electron chi connectivity index (χ0n) is 7.80. The highest BCUT2D eigenvalue weighted by atomic mass is 16.5. The minimum Gasteiger partial charge on any atom is -0.504 e. The van der Waals surface area contributed by atoms with Gasteiger partial charge in [0, 0.05) is 0 Å². The van der Waals surface area contributed by atoms with Gasteiger partial charge in [-0.15, -0.1) is 0 Å². The molecule has 1 rings (SSSR count). The molecule has 0 aliphatic carbocycles. The third kappa shape index (κ3) is 2.40. The molecule has 1 aromatic carbocycles. The second-order valence-electron chi connectivity index (χ2n) is 2.75. The van der Waals surface area contributed by atoms with Crippen molar-refractivity contribution in [2.24, 2.45) is 0 Å². The highest BCUT2D eigenvalue weighted by molar-refractivity contribution is 5.89. The number of ether oxygens (including phenoxy) is 1. The number of phenolic OH excluding ortho intramolecular Hbond substituents is 2. The van der Waals surface area contributed by atoms with E-state index < -0.39 is 17.5 Å².